The summed E-state index contributed by atoms with van der Waals surface area (Å²) in [5.41, 5.74) is 0.211. The van der Waals surface area contributed by atoms with Crippen molar-refractivity contribution < 1.29 is 21.9 Å². The second-order valence-electron chi connectivity index (χ2n) is 4.20. The molecule has 0 aliphatic carbocycles. The predicted molar refractivity (Wildman–Crippen MR) is 73.5 cm³/mol. The summed E-state index contributed by atoms with van der Waals surface area (Å²) in [4.78, 5) is -0.299. The van der Waals surface area contributed by atoms with Gasteiger partial charge in [-0.05, 0) is 35.9 Å². The molecule has 2 rings (SSSR count). The molecule has 0 bridgehead atoms. The number of hydrogen-bond acceptors (Lipinski definition) is 3. The molecule has 0 saturated carbocycles. The van der Waals surface area contributed by atoms with Gasteiger partial charge in [0, 0.05) is 11.1 Å². The first-order valence-electron chi connectivity index (χ1n) is 5.66. The zero-order valence-electron chi connectivity index (χ0n) is 10.5. The highest BCUT2D eigenvalue weighted by molar-refractivity contribution is 7.89. The topological polar surface area (TPSA) is 69.4 Å². The Morgan fingerprint density at radius 2 is 1.71 bits per heavy atom. The largest absolute Gasteiger partial charge is 0.487 e. The van der Waals surface area contributed by atoms with Gasteiger partial charge in [-0.15, -0.1) is 0 Å². The summed E-state index contributed by atoms with van der Waals surface area (Å²) >= 11 is 5.71. The highest BCUT2D eigenvalue weighted by atomic mass is 35.5. The average molecular weight is 334 g/mol. The predicted octanol–water partition coefficient (Wildman–Crippen LogP) is 2.84. The molecule has 0 fully saturated rings. The molecule has 0 radical (unpaired) electrons. The van der Waals surface area contributed by atoms with Gasteiger partial charge < -0.3 is 4.74 Å². The number of benzene rings is 2. The van der Waals surface area contributed by atoms with Crippen molar-refractivity contribution in [1.82, 2.24) is 0 Å². The third-order valence-electron chi connectivity index (χ3n) is 2.53. The molecule has 112 valence electrons. The number of halogens is 3. The van der Waals surface area contributed by atoms with Crippen molar-refractivity contribution in [3.63, 3.8) is 0 Å². The molecule has 2 aromatic rings. The smallest absolute Gasteiger partial charge is 0.241 e. The summed E-state index contributed by atoms with van der Waals surface area (Å²) in [7, 11) is -4.03. The molecule has 0 aliphatic rings. The second kappa shape index (κ2) is 5.97. The van der Waals surface area contributed by atoms with Crippen molar-refractivity contribution in [2.24, 2.45) is 5.14 Å². The van der Waals surface area contributed by atoms with Crippen molar-refractivity contribution in [2.45, 2.75) is 11.5 Å². The van der Waals surface area contributed by atoms with Crippen LogP contribution in [-0.2, 0) is 16.6 Å². The Bertz CT molecular complexity index is 761. The third kappa shape index (κ3) is 4.13. The molecule has 0 aliphatic heterocycles. The van der Waals surface area contributed by atoms with E-state index < -0.39 is 21.7 Å². The lowest BCUT2D eigenvalue weighted by atomic mass is 10.2. The quantitative estimate of drug-likeness (QED) is 0.935. The van der Waals surface area contributed by atoms with Crippen molar-refractivity contribution in [3.05, 3.63) is 58.6 Å². The van der Waals surface area contributed by atoms with E-state index in [1.54, 1.807) is 0 Å². The standard InChI is InChI=1S/C13H10ClF2NO3S/c14-9-1-2-12(13(5-9)21(17,18)19)20-7-8-3-10(15)6-11(16)4-8/h1-6H,7H2,(H2,17,18,19). The maximum atomic E-state index is 13.0. The fourth-order valence-electron chi connectivity index (χ4n) is 1.68. The highest BCUT2D eigenvalue weighted by Crippen LogP contribution is 2.27. The summed E-state index contributed by atoms with van der Waals surface area (Å²) in [6, 6.07) is 6.75. The number of hydrogen-bond donors (Lipinski definition) is 1. The molecule has 4 nitrogen and oxygen atoms in total. The third-order valence-corrected chi connectivity index (χ3v) is 3.70. The second-order valence-corrected chi connectivity index (χ2v) is 6.17. The molecule has 8 heteroatoms. The molecule has 0 aromatic heterocycles. The Kier molecular flexibility index (Phi) is 4.46. The van der Waals surface area contributed by atoms with Gasteiger partial charge in [0.25, 0.3) is 0 Å². The van der Waals surface area contributed by atoms with Gasteiger partial charge in [0.15, 0.2) is 0 Å². The monoisotopic (exact) mass is 333 g/mol. The Morgan fingerprint density at radius 3 is 2.29 bits per heavy atom. The molecule has 0 spiro atoms. The molecule has 2 aromatic carbocycles. The van der Waals surface area contributed by atoms with Crippen LogP contribution in [0.25, 0.3) is 0 Å². The van der Waals surface area contributed by atoms with Crippen molar-refractivity contribution >= 4 is 21.6 Å². The van der Waals surface area contributed by atoms with Crippen LogP contribution in [-0.4, -0.2) is 8.42 Å². The fraction of sp³-hybridized carbons (Fsp3) is 0.0769. The van der Waals surface area contributed by atoms with Gasteiger partial charge in [-0.25, -0.2) is 22.3 Å². The maximum Gasteiger partial charge on any atom is 0.241 e. The van der Waals surface area contributed by atoms with Crippen molar-refractivity contribution in [3.8, 4) is 5.75 Å². The molecule has 0 atom stereocenters. The van der Waals surface area contributed by atoms with Gasteiger partial charge in [0.2, 0.25) is 10.0 Å². The van der Waals surface area contributed by atoms with Crippen LogP contribution in [0.3, 0.4) is 0 Å². The molecular weight excluding hydrogens is 324 g/mol. The fourth-order valence-corrected chi connectivity index (χ4v) is 2.61. The lowest BCUT2D eigenvalue weighted by molar-refractivity contribution is 0.296. The van der Waals surface area contributed by atoms with Crippen LogP contribution >= 0.6 is 11.6 Å². The summed E-state index contributed by atoms with van der Waals surface area (Å²) < 4.78 is 54.2. The van der Waals surface area contributed by atoms with Gasteiger partial charge in [0.1, 0.15) is 28.9 Å². The first-order valence-corrected chi connectivity index (χ1v) is 7.58. The lowest BCUT2D eigenvalue weighted by Gasteiger charge is -2.11. The number of rotatable bonds is 4. The Balaban J connectivity index is 2.28. The van der Waals surface area contributed by atoms with Crippen molar-refractivity contribution in [2.75, 3.05) is 0 Å². The van der Waals surface area contributed by atoms with E-state index in [0.717, 1.165) is 24.3 Å². The zero-order valence-corrected chi connectivity index (χ0v) is 12.1. The minimum absolute atomic E-state index is 0.0495. The summed E-state index contributed by atoms with van der Waals surface area (Å²) in [6.07, 6.45) is 0. The van der Waals surface area contributed by atoms with Crippen LogP contribution < -0.4 is 9.88 Å². The molecule has 0 saturated heterocycles. The lowest BCUT2D eigenvalue weighted by Crippen LogP contribution is -2.14. The molecule has 2 N–H and O–H groups in total. The highest BCUT2D eigenvalue weighted by Gasteiger charge is 2.16. The SMILES string of the molecule is NS(=O)(=O)c1cc(Cl)ccc1OCc1cc(F)cc(F)c1. The van der Waals surface area contributed by atoms with Crippen LogP contribution in [0.15, 0.2) is 41.3 Å². The van der Waals surface area contributed by atoms with Crippen LogP contribution in [0, 0.1) is 11.6 Å². The van der Waals surface area contributed by atoms with Crippen molar-refractivity contribution in [1.29, 1.82) is 0 Å². The van der Waals surface area contributed by atoms with E-state index in [9.17, 15) is 17.2 Å². The van der Waals surface area contributed by atoms with E-state index in [1.807, 2.05) is 0 Å². The zero-order chi connectivity index (χ0) is 15.6. The van der Waals surface area contributed by atoms with E-state index in [1.165, 1.54) is 12.1 Å². The first-order chi connectivity index (χ1) is 9.75. The molecular formula is C13H10ClF2NO3S. The van der Waals surface area contributed by atoms with Crippen LogP contribution in [0.2, 0.25) is 5.02 Å². The van der Waals surface area contributed by atoms with Crippen LogP contribution in [0.5, 0.6) is 5.75 Å². The number of nitrogens with two attached hydrogens (primary N) is 1. The van der Waals surface area contributed by atoms with Gasteiger partial charge in [-0.2, -0.15) is 0 Å². The Hall–Kier alpha value is -1.70. The van der Waals surface area contributed by atoms with Gasteiger partial charge in [-0.1, -0.05) is 11.6 Å². The molecule has 21 heavy (non-hydrogen) atoms. The Labute approximate surface area is 125 Å². The Morgan fingerprint density at radius 1 is 1.10 bits per heavy atom. The maximum absolute atomic E-state index is 13.0. The first kappa shape index (κ1) is 15.7. The summed E-state index contributed by atoms with van der Waals surface area (Å²) in [6.45, 7) is -0.223. The minimum atomic E-state index is -4.03. The summed E-state index contributed by atoms with van der Waals surface area (Å²) in [5.74, 6) is -1.56. The molecule has 0 amide bonds. The van der Waals surface area contributed by atoms with Gasteiger partial charge >= 0.3 is 0 Å². The van der Waals surface area contributed by atoms with E-state index in [-0.39, 0.29) is 27.8 Å². The van der Waals surface area contributed by atoms with E-state index in [2.05, 4.69) is 0 Å². The normalized spacial score (nSPS) is 11.4. The molecule has 0 heterocycles. The van der Waals surface area contributed by atoms with E-state index in [4.69, 9.17) is 21.5 Å². The number of sulfonamides is 1. The van der Waals surface area contributed by atoms with Gasteiger partial charge in [-0.3, -0.25) is 0 Å². The molecule has 0 unspecified atom stereocenters. The number of ether oxygens (including phenoxy) is 1. The average Bonchev–Trinajstić information content (AvgIpc) is 2.35. The van der Waals surface area contributed by atoms with E-state index >= 15 is 0 Å². The minimum Gasteiger partial charge on any atom is -0.487 e. The summed E-state index contributed by atoms with van der Waals surface area (Å²) in [5, 5.41) is 5.23. The van der Waals surface area contributed by atoms with Crippen LogP contribution in [0.4, 0.5) is 8.78 Å². The van der Waals surface area contributed by atoms with Crippen LogP contribution in [0.1, 0.15) is 5.56 Å². The number of primary sulfonamides is 1. The van der Waals surface area contributed by atoms with Gasteiger partial charge in [0.05, 0.1) is 0 Å². The van der Waals surface area contributed by atoms with E-state index in [0.29, 0.717) is 0 Å².